The molecule has 0 saturated carbocycles. The number of hydrogen-bond donors (Lipinski definition) is 2. The summed E-state index contributed by atoms with van der Waals surface area (Å²) in [6.45, 7) is 12.2. The zero-order valence-electron chi connectivity index (χ0n) is 25.2. The number of halogens is 4. The van der Waals surface area contributed by atoms with E-state index in [1.54, 1.807) is 18.2 Å². The van der Waals surface area contributed by atoms with Gasteiger partial charge in [0.05, 0.1) is 11.9 Å². The lowest BCUT2D eigenvalue weighted by Crippen LogP contribution is -2.53. The van der Waals surface area contributed by atoms with E-state index in [9.17, 15) is 17.6 Å². The molecule has 1 unspecified atom stereocenters. The summed E-state index contributed by atoms with van der Waals surface area (Å²) in [4.78, 5) is 3.27. The molecular formula is C33H46F4N4. The van der Waals surface area contributed by atoms with Crippen molar-refractivity contribution in [3.8, 4) is 0 Å². The molecule has 0 spiro atoms. The number of likely N-dealkylation sites (tertiary alicyclic amines) is 1. The molecule has 0 radical (unpaired) electrons. The quantitative estimate of drug-likeness (QED) is 0.160. The van der Waals surface area contributed by atoms with E-state index in [2.05, 4.69) is 10.2 Å². The van der Waals surface area contributed by atoms with Gasteiger partial charge in [-0.3, -0.25) is 10.3 Å². The Bertz CT molecular complexity index is 1260. The number of para-hydroxylation sites is 1. The van der Waals surface area contributed by atoms with Crippen LogP contribution in [0, 0.1) is 30.9 Å². The molecule has 41 heavy (non-hydrogen) atoms. The van der Waals surface area contributed by atoms with E-state index in [-0.39, 0.29) is 18.7 Å². The molecule has 1 heterocycles. The summed E-state index contributed by atoms with van der Waals surface area (Å²) in [5, 5.41) is 11.9. The van der Waals surface area contributed by atoms with E-state index >= 15 is 0 Å². The van der Waals surface area contributed by atoms with Gasteiger partial charge >= 0.3 is 6.55 Å². The summed E-state index contributed by atoms with van der Waals surface area (Å²) in [5.74, 6) is -1.23. The van der Waals surface area contributed by atoms with Crippen LogP contribution in [-0.2, 0) is 0 Å². The Balaban J connectivity index is 0.00000169. The Morgan fingerprint density at radius 1 is 0.902 bits per heavy atom. The van der Waals surface area contributed by atoms with E-state index in [0.29, 0.717) is 24.3 Å². The van der Waals surface area contributed by atoms with Crippen LogP contribution in [-0.4, -0.2) is 42.5 Å². The van der Waals surface area contributed by atoms with Gasteiger partial charge in [-0.25, -0.2) is 8.78 Å². The van der Waals surface area contributed by atoms with Crippen molar-refractivity contribution in [2.24, 2.45) is 0 Å². The van der Waals surface area contributed by atoms with Crippen LogP contribution in [0.25, 0.3) is 0 Å². The van der Waals surface area contributed by atoms with Gasteiger partial charge in [0, 0.05) is 43.1 Å². The largest absolute Gasteiger partial charge is 0.382 e. The van der Waals surface area contributed by atoms with Gasteiger partial charge in [-0.1, -0.05) is 52.0 Å². The van der Waals surface area contributed by atoms with Gasteiger partial charge in [-0.2, -0.15) is 8.78 Å². The maximum absolute atomic E-state index is 14.2. The second-order valence-corrected chi connectivity index (χ2v) is 9.59. The maximum Gasteiger partial charge on any atom is 0.316 e. The lowest BCUT2D eigenvalue weighted by atomic mass is 9.97. The minimum Gasteiger partial charge on any atom is -0.382 e. The average molecular weight is 575 g/mol. The zero-order chi connectivity index (χ0) is 30.7. The molecule has 0 bridgehead atoms. The van der Waals surface area contributed by atoms with Crippen LogP contribution < -0.4 is 10.2 Å². The van der Waals surface area contributed by atoms with Crippen LogP contribution in [0.5, 0.6) is 0 Å². The SMILES string of the molecule is CC.CC.Cc1cc(NC2CCN(C(C)N(c3ccccc3C)C(F)F)CC2)ccc1C(=N)c1cc(F)ccc1F.[HH]. The number of rotatable bonds is 8. The highest BCUT2D eigenvalue weighted by Crippen LogP contribution is 2.29. The molecule has 3 aromatic rings. The number of anilines is 2. The van der Waals surface area contributed by atoms with Gasteiger partial charge in [0.25, 0.3) is 0 Å². The average Bonchev–Trinajstić information content (AvgIpc) is 2.97. The molecule has 1 fully saturated rings. The number of aryl methyl sites for hydroxylation is 2. The Morgan fingerprint density at radius 2 is 1.54 bits per heavy atom. The normalized spacial score (nSPS) is 14.3. The van der Waals surface area contributed by atoms with Gasteiger partial charge in [-0.15, -0.1) is 0 Å². The number of nitrogens with zero attached hydrogens (tertiary/aromatic N) is 2. The monoisotopic (exact) mass is 574 g/mol. The second kappa shape index (κ2) is 16.2. The smallest absolute Gasteiger partial charge is 0.316 e. The van der Waals surface area contributed by atoms with E-state index in [4.69, 9.17) is 5.41 Å². The molecule has 0 aliphatic carbocycles. The van der Waals surface area contributed by atoms with E-state index < -0.39 is 24.3 Å². The topological polar surface area (TPSA) is 42.4 Å². The van der Waals surface area contributed by atoms with Gasteiger partial charge in [-0.05, 0) is 81.1 Å². The van der Waals surface area contributed by atoms with Crippen LogP contribution >= 0.6 is 0 Å². The summed E-state index contributed by atoms with van der Waals surface area (Å²) in [7, 11) is 0. The lowest BCUT2D eigenvalue weighted by molar-refractivity contribution is 0.0793. The molecule has 8 heteroatoms. The van der Waals surface area contributed by atoms with Crippen molar-refractivity contribution in [1.29, 1.82) is 5.41 Å². The van der Waals surface area contributed by atoms with Crippen LogP contribution in [0.15, 0.2) is 60.7 Å². The molecule has 0 amide bonds. The van der Waals surface area contributed by atoms with Crippen molar-refractivity contribution in [2.75, 3.05) is 23.3 Å². The van der Waals surface area contributed by atoms with Gasteiger partial charge in [0.1, 0.15) is 11.6 Å². The van der Waals surface area contributed by atoms with Crippen LogP contribution in [0.4, 0.5) is 28.9 Å². The minimum atomic E-state index is -2.60. The minimum absolute atomic E-state index is 0. The Hall–Kier alpha value is -3.39. The number of benzene rings is 3. The highest BCUT2D eigenvalue weighted by molar-refractivity contribution is 6.12. The Labute approximate surface area is 244 Å². The molecule has 0 aromatic heterocycles. The maximum atomic E-state index is 14.2. The molecule has 3 aromatic carbocycles. The van der Waals surface area contributed by atoms with Crippen molar-refractivity contribution in [2.45, 2.75) is 80.1 Å². The molecule has 4 rings (SSSR count). The summed E-state index contributed by atoms with van der Waals surface area (Å²) >= 11 is 0. The highest BCUT2D eigenvalue weighted by Gasteiger charge is 2.31. The third-order valence-corrected chi connectivity index (χ3v) is 7.13. The molecule has 1 saturated heterocycles. The summed E-state index contributed by atoms with van der Waals surface area (Å²) in [6, 6.07) is 15.9. The Kier molecular flexibility index (Phi) is 13.3. The number of nitrogens with one attached hydrogen (secondary N) is 2. The first-order valence-electron chi connectivity index (χ1n) is 14.4. The highest BCUT2D eigenvalue weighted by atomic mass is 19.3. The molecule has 2 N–H and O–H groups in total. The third kappa shape index (κ3) is 8.55. The van der Waals surface area contributed by atoms with Crippen molar-refractivity contribution >= 4 is 17.1 Å². The van der Waals surface area contributed by atoms with Crippen LogP contribution in [0.2, 0.25) is 0 Å². The van der Waals surface area contributed by atoms with Gasteiger partial charge < -0.3 is 10.2 Å². The van der Waals surface area contributed by atoms with E-state index in [1.807, 2.05) is 72.7 Å². The first-order valence-corrected chi connectivity index (χ1v) is 14.4. The Morgan fingerprint density at radius 3 is 2.12 bits per heavy atom. The number of alkyl halides is 2. The fraction of sp³-hybridized carbons (Fsp3) is 0.424. The first kappa shape index (κ1) is 33.8. The van der Waals surface area contributed by atoms with Crippen molar-refractivity contribution in [3.63, 3.8) is 0 Å². The molecule has 1 atom stereocenters. The van der Waals surface area contributed by atoms with Gasteiger partial charge in [0.2, 0.25) is 0 Å². The first-order chi connectivity index (χ1) is 19.7. The van der Waals surface area contributed by atoms with Crippen LogP contribution in [0.1, 0.15) is 71.1 Å². The summed E-state index contributed by atoms with van der Waals surface area (Å²) in [6.07, 6.45) is 1.14. The van der Waals surface area contributed by atoms with Crippen molar-refractivity contribution < 1.29 is 19.0 Å². The number of hydrogen-bond acceptors (Lipinski definition) is 4. The summed E-state index contributed by atoms with van der Waals surface area (Å²) < 4.78 is 55.8. The number of piperidine rings is 1. The molecule has 226 valence electrons. The van der Waals surface area contributed by atoms with Gasteiger partial charge in [0.15, 0.2) is 0 Å². The predicted molar refractivity (Wildman–Crippen MR) is 166 cm³/mol. The standard InChI is InChI=1S/C29H32F4N4.2C2H6.H2/c1-18-6-4-5-7-27(18)37(29(32)33)20(3)36-14-12-22(13-15-36)35-23-9-10-24(19(2)16-23)28(34)25-17-21(30)8-11-26(25)31;2*1-2;/h4-11,16-17,20,22,29,34-35H,12-15H2,1-3H3;2*1-2H3;1H. The van der Waals surface area contributed by atoms with Crippen LogP contribution in [0.3, 0.4) is 0 Å². The van der Waals surface area contributed by atoms with E-state index in [1.165, 1.54) is 4.90 Å². The predicted octanol–water partition coefficient (Wildman–Crippen LogP) is 9.25. The molecular weight excluding hydrogens is 528 g/mol. The molecule has 4 nitrogen and oxygen atoms in total. The van der Waals surface area contributed by atoms with Crippen molar-refractivity contribution in [1.82, 2.24) is 4.90 Å². The third-order valence-electron chi connectivity index (χ3n) is 7.13. The lowest BCUT2D eigenvalue weighted by Gasteiger charge is -2.42. The summed E-state index contributed by atoms with van der Waals surface area (Å²) in [5.41, 5.74) is 3.39. The molecule has 1 aliphatic heterocycles. The van der Waals surface area contributed by atoms with E-state index in [0.717, 1.165) is 47.9 Å². The second-order valence-electron chi connectivity index (χ2n) is 9.59. The molecule has 1 aliphatic rings. The van der Waals surface area contributed by atoms with Crippen molar-refractivity contribution in [3.05, 3.63) is 94.6 Å². The fourth-order valence-electron chi connectivity index (χ4n) is 5.02. The zero-order valence-corrected chi connectivity index (χ0v) is 25.2. The fourth-order valence-corrected chi connectivity index (χ4v) is 5.02.